The molecular formula is C14H24N4O2. The van der Waals surface area contributed by atoms with Crippen molar-refractivity contribution in [3.63, 3.8) is 0 Å². The van der Waals surface area contributed by atoms with Crippen molar-refractivity contribution in [2.75, 3.05) is 40.3 Å². The zero-order chi connectivity index (χ0) is 14.1. The van der Waals surface area contributed by atoms with Gasteiger partial charge in [0.15, 0.2) is 5.82 Å². The van der Waals surface area contributed by atoms with Crippen LogP contribution in [0, 0.1) is 12.8 Å². The van der Waals surface area contributed by atoms with Crippen LogP contribution in [0.15, 0.2) is 4.52 Å². The van der Waals surface area contributed by atoms with Crippen LogP contribution in [-0.2, 0) is 4.74 Å². The van der Waals surface area contributed by atoms with Crippen LogP contribution in [-0.4, -0.2) is 66.4 Å². The normalized spacial score (nSPS) is 26.9. The molecule has 0 bridgehead atoms. The molecule has 0 radical (unpaired) electrons. The average molecular weight is 280 g/mol. The first kappa shape index (κ1) is 14.0. The summed E-state index contributed by atoms with van der Waals surface area (Å²) in [6, 6.07) is 0.196. The summed E-state index contributed by atoms with van der Waals surface area (Å²) in [7, 11) is 3.95. The third-order valence-electron chi connectivity index (χ3n) is 4.45. The molecule has 6 heteroatoms. The second-order valence-electron chi connectivity index (χ2n) is 6.05. The van der Waals surface area contributed by atoms with Crippen molar-refractivity contribution in [1.82, 2.24) is 19.9 Å². The molecule has 0 spiro atoms. The number of aromatic nitrogens is 2. The Bertz CT molecular complexity index is 446. The van der Waals surface area contributed by atoms with Crippen molar-refractivity contribution in [3.05, 3.63) is 11.7 Å². The van der Waals surface area contributed by atoms with Gasteiger partial charge in [0, 0.05) is 33.3 Å². The molecule has 2 unspecified atom stereocenters. The number of methoxy groups -OCH3 is 1. The van der Waals surface area contributed by atoms with Gasteiger partial charge in [0.25, 0.3) is 0 Å². The predicted molar refractivity (Wildman–Crippen MR) is 74.4 cm³/mol. The summed E-state index contributed by atoms with van der Waals surface area (Å²) in [5, 5.41) is 3.91. The van der Waals surface area contributed by atoms with Gasteiger partial charge in [-0.1, -0.05) is 5.16 Å². The Morgan fingerprint density at radius 1 is 1.40 bits per heavy atom. The standard InChI is InChI=1S/C14H24N4O2/c1-10-15-14(20-16-10)12-8-18(7-6-17(12)2)9-13(19-3)11-4-5-11/h11-13H,4-9H2,1-3H3. The summed E-state index contributed by atoms with van der Waals surface area (Å²) < 4.78 is 11.0. The van der Waals surface area contributed by atoms with E-state index in [1.807, 2.05) is 14.0 Å². The van der Waals surface area contributed by atoms with Crippen LogP contribution in [0.3, 0.4) is 0 Å². The highest BCUT2D eigenvalue weighted by molar-refractivity contribution is 4.96. The van der Waals surface area contributed by atoms with Crippen molar-refractivity contribution in [1.29, 1.82) is 0 Å². The molecule has 1 aliphatic carbocycles. The summed E-state index contributed by atoms with van der Waals surface area (Å²) in [6.45, 7) is 5.91. The van der Waals surface area contributed by atoms with E-state index in [4.69, 9.17) is 9.26 Å². The van der Waals surface area contributed by atoms with Crippen LogP contribution in [0.5, 0.6) is 0 Å². The predicted octanol–water partition coefficient (Wildman–Crippen LogP) is 1.09. The lowest BCUT2D eigenvalue weighted by Crippen LogP contribution is -2.49. The largest absolute Gasteiger partial charge is 0.380 e. The number of piperazine rings is 1. The van der Waals surface area contributed by atoms with E-state index in [1.165, 1.54) is 12.8 Å². The molecule has 1 saturated heterocycles. The molecule has 1 aromatic heterocycles. The fraction of sp³-hybridized carbons (Fsp3) is 0.857. The molecule has 0 aromatic carbocycles. The van der Waals surface area contributed by atoms with E-state index in [1.54, 1.807) is 0 Å². The molecule has 1 aliphatic heterocycles. The third kappa shape index (κ3) is 3.02. The van der Waals surface area contributed by atoms with E-state index < -0.39 is 0 Å². The van der Waals surface area contributed by atoms with E-state index in [2.05, 4.69) is 27.0 Å². The van der Waals surface area contributed by atoms with Crippen molar-refractivity contribution < 1.29 is 9.26 Å². The number of hydrogen-bond acceptors (Lipinski definition) is 6. The molecule has 3 rings (SSSR count). The molecule has 112 valence electrons. The number of hydrogen-bond donors (Lipinski definition) is 0. The van der Waals surface area contributed by atoms with Gasteiger partial charge in [-0.15, -0.1) is 0 Å². The number of nitrogens with zero attached hydrogens (tertiary/aromatic N) is 4. The zero-order valence-corrected chi connectivity index (χ0v) is 12.6. The van der Waals surface area contributed by atoms with Gasteiger partial charge in [0.05, 0.1) is 6.10 Å². The fourth-order valence-corrected chi connectivity index (χ4v) is 2.95. The zero-order valence-electron chi connectivity index (χ0n) is 12.6. The summed E-state index contributed by atoms with van der Waals surface area (Å²) in [5.74, 6) is 2.21. The second kappa shape index (κ2) is 5.79. The first-order valence-electron chi connectivity index (χ1n) is 7.43. The topological polar surface area (TPSA) is 54.6 Å². The minimum absolute atomic E-state index is 0.196. The average Bonchev–Trinajstić information content (AvgIpc) is 3.20. The minimum Gasteiger partial charge on any atom is -0.380 e. The monoisotopic (exact) mass is 280 g/mol. The van der Waals surface area contributed by atoms with Gasteiger partial charge in [-0.2, -0.15) is 4.98 Å². The van der Waals surface area contributed by atoms with Crippen LogP contribution >= 0.6 is 0 Å². The third-order valence-corrected chi connectivity index (χ3v) is 4.45. The lowest BCUT2D eigenvalue weighted by molar-refractivity contribution is 0.0130. The Hall–Kier alpha value is -0.980. The maximum absolute atomic E-state index is 5.64. The SMILES string of the molecule is COC(CN1CCN(C)C(c2nc(C)no2)C1)C1CC1. The Kier molecular flexibility index (Phi) is 4.05. The number of rotatable bonds is 5. The van der Waals surface area contributed by atoms with E-state index >= 15 is 0 Å². The van der Waals surface area contributed by atoms with Gasteiger partial charge < -0.3 is 9.26 Å². The molecule has 6 nitrogen and oxygen atoms in total. The van der Waals surface area contributed by atoms with Crippen LogP contribution in [0.4, 0.5) is 0 Å². The first-order valence-corrected chi connectivity index (χ1v) is 7.43. The Morgan fingerprint density at radius 2 is 2.20 bits per heavy atom. The van der Waals surface area contributed by atoms with Crippen molar-refractivity contribution in [3.8, 4) is 0 Å². The summed E-state index contributed by atoms with van der Waals surface area (Å²) in [5.41, 5.74) is 0. The molecule has 1 saturated carbocycles. The molecule has 2 atom stereocenters. The molecule has 2 heterocycles. The molecule has 2 aliphatic rings. The summed E-state index contributed by atoms with van der Waals surface area (Å²) in [4.78, 5) is 9.15. The van der Waals surface area contributed by atoms with Gasteiger partial charge >= 0.3 is 0 Å². The van der Waals surface area contributed by atoms with E-state index in [0.29, 0.717) is 11.9 Å². The Morgan fingerprint density at radius 3 is 2.80 bits per heavy atom. The highest BCUT2D eigenvalue weighted by Gasteiger charge is 2.35. The van der Waals surface area contributed by atoms with Crippen molar-refractivity contribution in [2.24, 2.45) is 5.92 Å². The summed E-state index contributed by atoms with van der Waals surface area (Å²) >= 11 is 0. The van der Waals surface area contributed by atoms with Gasteiger partial charge in [-0.3, -0.25) is 9.80 Å². The molecule has 1 aromatic rings. The smallest absolute Gasteiger partial charge is 0.245 e. The molecule has 20 heavy (non-hydrogen) atoms. The van der Waals surface area contributed by atoms with Gasteiger partial charge in [-0.25, -0.2) is 0 Å². The summed E-state index contributed by atoms with van der Waals surface area (Å²) in [6.07, 6.45) is 3.01. The molecular weight excluding hydrogens is 256 g/mol. The Balaban J connectivity index is 1.63. The fourth-order valence-electron chi connectivity index (χ4n) is 2.95. The quantitative estimate of drug-likeness (QED) is 0.805. The highest BCUT2D eigenvalue weighted by atomic mass is 16.5. The number of aryl methyl sites for hydroxylation is 1. The number of ether oxygens (including phenoxy) is 1. The van der Waals surface area contributed by atoms with Crippen LogP contribution in [0.25, 0.3) is 0 Å². The second-order valence-corrected chi connectivity index (χ2v) is 6.05. The van der Waals surface area contributed by atoms with Gasteiger partial charge in [0.2, 0.25) is 5.89 Å². The molecule has 2 fully saturated rings. The molecule has 0 amide bonds. The van der Waals surface area contributed by atoms with Crippen molar-refractivity contribution in [2.45, 2.75) is 31.9 Å². The maximum atomic E-state index is 5.64. The molecule has 0 N–H and O–H groups in total. The lowest BCUT2D eigenvalue weighted by Gasteiger charge is -2.38. The van der Waals surface area contributed by atoms with E-state index in [-0.39, 0.29) is 6.04 Å². The van der Waals surface area contributed by atoms with Crippen LogP contribution in [0.1, 0.15) is 30.6 Å². The van der Waals surface area contributed by atoms with E-state index in [9.17, 15) is 0 Å². The number of likely N-dealkylation sites (N-methyl/N-ethyl adjacent to an activating group) is 1. The van der Waals surface area contributed by atoms with Crippen LogP contribution < -0.4 is 0 Å². The Labute approximate surface area is 120 Å². The van der Waals surface area contributed by atoms with E-state index in [0.717, 1.165) is 38.0 Å². The maximum Gasteiger partial charge on any atom is 0.245 e. The first-order chi connectivity index (χ1) is 9.67. The lowest BCUT2D eigenvalue weighted by atomic mass is 10.1. The minimum atomic E-state index is 0.196. The van der Waals surface area contributed by atoms with Gasteiger partial charge in [-0.05, 0) is 32.7 Å². The van der Waals surface area contributed by atoms with Gasteiger partial charge in [0.1, 0.15) is 6.04 Å². The highest BCUT2D eigenvalue weighted by Crippen LogP contribution is 2.35. The van der Waals surface area contributed by atoms with Crippen molar-refractivity contribution >= 4 is 0 Å². The van der Waals surface area contributed by atoms with Crippen LogP contribution in [0.2, 0.25) is 0 Å².